The lowest BCUT2D eigenvalue weighted by Gasteiger charge is -2.23. The molecule has 1 N–H and O–H groups in total. The molecule has 3 aromatic rings. The van der Waals surface area contributed by atoms with Gasteiger partial charge in [-0.1, -0.05) is 5.21 Å². The number of nitrogens with zero attached hydrogens (tertiary/aromatic N) is 7. The van der Waals surface area contributed by atoms with Crippen molar-refractivity contribution in [2.45, 2.75) is 12.6 Å². The summed E-state index contributed by atoms with van der Waals surface area (Å²) in [5.74, 6) is 0. The largest absolute Gasteiger partial charge is 0.374 e. The van der Waals surface area contributed by atoms with Crippen LogP contribution in [0.15, 0.2) is 18.6 Å². The Morgan fingerprint density at radius 1 is 1.41 bits per heavy atom. The fourth-order valence-corrected chi connectivity index (χ4v) is 2.51. The summed E-state index contributed by atoms with van der Waals surface area (Å²) in [5.41, 5.74) is 2.85. The molecule has 0 radical (unpaired) electrons. The maximum absolute atomic E-state index is 5.69. The van der Waals surface area contributed by atoms with Gasteiger partial charge in [-0.05, 0) is 0 Å². The molecule has 0 spiro atoms. The highest BCUT2D eigenvalue weighted by Crippen LogP contribution is 2.17. The van der Waals surface area contributed by atoms with E-state index in [1.165, 1.54) is 0 Å². The van der Waals surface area contributed by atoms with Crippen LogP contribution in [0.25, 0.3) is 22.6 Å². The van der Waals surface area contributed by atoms with Crippen molar-refractivity contribution in [2.24, 2.45) is 7.05 Å². The lowest BCUT2D eigenvalue weighted by molar-refractivity contribution is 0.0165. The number of fused-ring (bicyclic) bond motifs is 1. The first-order chi connectivity index (χ1) is 10.8. The molecule has 0 amide bonds. The molecule has 1 aliphatic rings. The van der Waals surface area contributed by atoms with Crippen molar-refractivity contribution in [3.63, 3.8) is 0 Å². The minimum absolute atomic E-state index is 0.0819. The fourth-order valence-electron chi connectivity index (χ4n) is 2.51. The van der Waals surface area contributed by atoms with Crippen LogP contribution in [0.1, 0.15) is 0 Å². The van der Waals surface area contributed by atoms with Gasteiger partial charge in [0.2, 0.25) is 5.65 Å². The van der Waals surface area contributed by atoms with Gasteiger partial charge in [0.15, 0.2) is 5.65 Å². The smallest absolute Gasteiger partial charge is 0.221 e. The van der Waals surface area contributed by atoms with Crippen molar-refractivity contribution in [3.8, 4) is 11.3 Å². The number of aromatic nitrogens is 7. The standard InChI is InChI=1S/C13H16N8O/c1-20-7-9(4-16-20)11-6-15-13-12(17-11)18-19-21(13)8-10-5-14-2-3-22-10/h4,6-7,10,14H,2-3,5,8H2,1H3/t10-/m0/s1. The average molecular weight is 300 g/mol. The summed E-state index contributed by atoms with van der Waals surface area (Å²) in [6, 6.07) is 0. The average Bonchev–Trinajstić information content (AvgIpc) is 3.15. The molecule has 4 heterocycles. The van der Waals surface area contributed by atoms with Crippen LogP contribution in [0, 0.1) is 0 Å². The molecule has 4 rings (SSSR count). The maximum atomic E-state index is 5.69. The first kappa shape index (κ1) is 13.3. The molecule has 1 saturated heterocycles. The molecule has 0 saturated carbocycles. The van der Waals surface area contributed by atoms with E-state index in [0.717, 1.165) is 24.3 Å². The molecule has 3 aromatic heterocycles. The summed E-state index contributed by atoms with van der Waals surface area (Å²) in [6.07, 6.45) is 5.45. The van der Waals surface area contributed by atoms with Crippen molar-refractivity contribution >= 4 is 11.3 Å². The third kappa shape index (κ3) is 2.44. The van der Waals surface area contributed by atoms with E-state index in [1.54, 1.807) is 21.8 Å². The van der Waals surface area contributed by atoms with Crippen LogP contribution >= 0.6 is 0 Å². The van der Waals surface area contributed by atoms with E-state index in [2.05, 4.69) is 30.7 Å². The van der Waals surface area contributed by atoms with Gasteiger partial charge in [0.1, 0.15) is 0 Å². The van der Waals surface area contributed by atoms with E-state index in [9.17, 15) is 0 Å². The molecule has 0 aromatic carbocycles. The van der Waals surface area contributed by atoms with Crippen molar-refractivity contribution in [1.82, 2.24) is 40.1 Å². The van der Waals surface area contributed by atoms with Gasteiger partial charge in [-0.25, -0.2) is 14.6 Å². The van der Waals surface area contributed by atoms with Gasteiger partial charge in [0.25, 0.3) is 0 Å². The van der Waals surface area contributed by atoms with Crippen molar-refractivity contribution in [1.29, 1.82) is 0 Å². The Morgan fingerprint density at radius 3 is 3.14 bits per heavy atom. The predicted octanol–water partition coefficient (Wildman–Crippen LogP) is -0.390. The molecule has 0 bridgehead atoms. The van der Waals surface area contributed by atoms with E-state index in [0.29, 0.717) is 24.4 Å². The van der Waals surface area contributed by atoms with Crippen LogP contribution in [-0.4, -0.2) is 60.5 Å². The van der Waals surface area contributed by atoms with Crippen LogP contribution < -0.4 is 5.32 Å². The SMILES string of the molecule is Cn1cc(-c2cnc3c(nnn3C[C@@H]3CNCCO3)n2)cn1. The quantitative estimate of drug-likeness (QED) is 0.703. The summed E-state index contributed by atoms with van der Waals surface area (Å²) in [7, 11) is 1.87. The number of morpholine rings is 1. The van der Waals surface area contributed by atoms with Gasteiger partial charge in [0.05, 0.1) is 37.3 Å². The van der Waals surface area contributed by atoms with E-state index in [-0.39, 0.29) is 6.10 Å². The molecule has 1 aliphatic heterocycles. The van der Waals surface area contributed by atoms with Crippen LogP contribution in [0.5, 0.6) is 0 Å². The van der Waals surface area contributed by atoms with E-state index in [4.69, 9.17) is 4.74 Å². The van der Waals surface area contributed by atoms with E-state index >= 15 is 0 Å². The molecule has 1 fully saturated rings. The zero-order valence-electron chi connectivity index (χ0n) is 12.2. The molecule has 9 heteroatoms. The fraction of sp³-hybridized carbons (Fsp3) is 0.462. The first-order valence-corrected chi connectivity index (χ1v) is 7.17. The number of aryl methyl sites for hydroxylation is 1. The number of nitrogens with one attached hydrogen (secondary N) is 1. The Morgan fingerprint density at radius 2 is 2.36 bits per heavy atom. The Hall–Kier alpha value is -2.39. The van der Waals surface area contributed by atoms with Gasteiger partial charge in [-0.15, -0.1) is 5.10 Å². The normalized spacial score (nSPS) is 18.9. The highest BCUT2D eigenvalue weighted by molar-refractivity contribution is 5.69. The Kier molecular flexibility index (Phi) is 3.28. The summed E-state index contributed by atoms with van der Waals surface area (Å²) < 4.78 is 9.16. The van der Waals surface area contributed by atoms with Crippen LogP contribution in [0.2, 0.25) is 0 Å². The summed E-state index contributed by atoms with van der Waals surface area (Å²) >= 11 is 0. The second-order valence-corrected chi connectivity index (χ2v) is 5.27. The number of hydrogen-bond acceptors (Lipinski definition) is 7. The van der Waals surface area contributed by atoms with E-state index < -0.39 is 0 Å². The third-order valence-corrected chi connectivity index (χ3v) is 3.61. The molecular weight excluding hydrogens is 284 g/mol. The van der Waals surface area contributed by atoms with Gasteiger partial charge in [-0.3, -0.25) is 4.68 Å². The second-order valence-electron chi connectivity index (χ2n) is 5.27. The van der Waals surface area contributed by atoms with E-state index in [1.807, 2.05) is 13.2 Å². The minimum atomic E-state index is 0.0819. The van der Waals surface area contributed by atoms with Gasteiger partial charge in [0, 0.05) is 31.9 Å². The number of rotatable bonds is 3. The molecule has 0 unspecified atom stereocenters. The van der Waals surface area contributed by atoms with Gasteiger partial charge in [-0.2, -0.15) is 5.10 Å². The second kappa shape index (κ2) is 5.43. The highest BCUT2D eigenvalue weighted by atomic mass is 16.5. The first-order valence-electron chi connectivity index (χ1n) is 7.17. The Labute approximate surface area is 126 Å². The monoisotopic (exact) mass is 300 g/mol. The molecule has 1 atom stereocenters. The maximum Gasteiger partial charge on any atom is 0.221 e. The zero-order chi connectivity index (χ0) is 14.9. The lowest BCUT2D eigenvalue weighted by atomic mass is 10.3. The summed E-state index contributed by atoms with van der Waals surface area (Å²) in [5, 5.41) is 15.7. The van der Waals surface area contributed by atoms with Crippen molar-refractivity contribution < 1.29 is 4.74 Å². The predicted molar refractivity (Wildman–Crippen MR) is 77.9 cm³/mol. The topological polar surface area (TPSA) is 95.6 Å². The molecular formula is C13H16N8O. The van der Waals surface area contributed by atoms with Crippen molar-refractivity contribution in [3.05, 3.63) is 18.6 Å². The molecule has 114 valence electrons. The lowest BCUT2D eigenvalue weighted by Crippen LogP contribution is -2.40. The van der Waals surface area contributed by atoms with Gasteiger partial charge >= 0.3 is 0 Å². The minimum Gasteiger partial charge on any atom is -0.374 e. The third-order valence-electron chi connectivity index (χ3n) is 3.61. The number of ether oxygens (including phenoxy) is 1. The van der Waals surface area contributed by atoms with Crippen LogP contribution in [-0.2, 0) is 18.3 Å². The summed E-state index contributed by atoms with van der Waals surface area (Å²) in [6.45, 7) is 3.03. The zero-order valence-corrected chi connectivity index (χ0v) is 12.2. The highest BCUT2D eigenvalue weighted by Gasteiger charge is 2.17. The summed E-state index contributed by atoms with van der Waals surface area (Å²) in [4.78, 5) is 8.96. The van der Waals surface area contributed by atoms with Gasteiger partial charge < -0.3 is 10.1 Å². The Balaban J connectivity index is 1.62. The molecule has 9 nitrogen and oxygen atoms in total. The Bertz CT molecular complexity index is 788. The van der Waals surface area contributed by atoms with Crippen molar-refractivity contribution in [2.75, 3.05) is 19.7 Å². The van der Waals surface area contributed by atoms with Crippen LogP contribution in [0.4, 0.5) is 0 Å². The molecule has 0 aliphatic carbocycles. The molecule has 22 heavy (non-hydrogen) atoms. The number of hydrogen-bond donors (Lipinski definition) is 1. The van der Waals surface area contributed by atoms with Crippen LogP contribution in [0.3, 0.4) is 0 Å².